The van der Waals surface area contributed by atoms with Gasteiger partial charge in [0.1, 0.15) is 5.41 Å². The fraction of sp³-hybridized carbons (Fsp3) is 0.435. The zero-order chi connectivity index (χ0) is 19.8. The molecule has 4 heteroatoms. The molecule has 2 N–H and O–H groups in total. The molecule has 0 atom stereocenters. The second-order valence-electron chi connectivity index (χ2n) is 8.35. The molecular weight excluding hydrogens is 359 g/mol. The van der Waals surface area contributed by atoms with Crippen LogP contribution in [0.3, 0.4) is 0 Å². The molecular formula is C23H31KN2O. The monoisotopic (exact) mass is 390 g/mol. The van der Waals surface area contributed by atoms with Gasteiger partial charge in [-0.1, -0.05) is 81.4 Å². The van der Waals surface area contributed by atoms with E-state index < -0.39 is 11.0 Å². The van der Waals surface area contributed by atoms with Crippen molar-refractivity contribution in [2.24, 2.45) is 5.73 Å². The summed E-state index contributed by atoms with van der Waals surface area (Å²) in [4.78, 5) is 0. The Balaban J connectivity index is 0.00000100. The number of benzene rings is 2. The Morgan fingerprint density at radius 1 is 0.815 bits per heavy atom. The van der Waals surface area contributed by atoms with Crippen LogP contribution in [-0.2, 0) is 5.41 Å². The maximum absolute atomic E-state index is 10.1. The molecule has 0 bridgehead atoms. The Labute approximate surface area is 207 Å². The Morgan fingerprint density at radius 3 is 1.41 bits per heavy atom. The first-order valence-corrected chi connectivity index (χ1v) is 8.99. The SMILES string of the molecule is CC(C)(C)[O-].CC(C)(N)CCC(C#N)(c1ccccc1)c1ccccc1.[K+]. The Kier molecular flexibility index (Phi) is 11.3. The van der Waals surface area contributed by atoms with Gasteiger partial charge in [0.15, 0.2) is 0 Å². The molecule has 0 amide bonds. The van der Waals surface area contributed by atoms with E-state index in [1.165, 1.54) is 0 Å². The first-order chi connectivity index (χ1) is 12.0. The van der Waals surface area contributed by atoms with E-state index in [9.17, 15) is 10.4 Å². The molecule has 0 aliphatic carbocycles. The minimum absolute atomic E-state index is 0. The van der Waals surface area contributed by atoms with Crippen LogP contribution in [0.25, 0.3) is 0 Å². The van der Waals surface area contributed by atoms with Crippen molar-refractivity contribution < 1.29 is 56.5 Å². The summed E-state index contributed by atoms with van der Waals surface area (Å²) in [5, 5.41) is 20.1. The molecule has 0 spiro atoms. The van der Waals surface area contributed by atoms with E-state index >= 15 is 0 Å². The van der Waals surface area contributed by atoms with Crippen molar-refractivity contribution in [3.63, 3.8) is 0 Å². The van der Waals surface area contributed by atoms with Crippen molar-refractivity contribution >= 4 is 0 Å². The van der Waals surface area contributed by atoms with Crippen LogP contribution in [0.2, 0.25) is 0 Å². The molecule has 0 aliphatic rings. The van der Waals surface area contributed by atoms with E-state index in [0.29, 0.717) is 6.42 Å². The van der Waals surface area contributed by atoms with Gasteiger partial charge in [-0.15, -0.1) is 5.60 Å². The predicted octanol–water partition coefficient (Wildman–Crippen LogP) is 1.16. The maximum atomic E-state index is 10.1. The minimum atomic E-state index is -0.750. The van der Waals surface area contributed by atoms with Gasteiger partial charge in [-0.25, -0.2) is 0 Å². The number of nitrogens with zero attached hydrogens (tertiary/aromatic N) is 1. The summed E-state index contributed by atoms with van der Waals surface area (Å²) in [5.41, 5.74) is 6.53. The fourth-order valence-corrected chi connectivity index (χ4v) is 2.60. The molecule has 2 rings (SSSR count). The third-order valence-corrected chi connectivity index (χ3v) is 3.87. The van der Waals surface area contributed by atoms with E-state index in [1.807, 2.05) is 74.5 Å². The second-order valence-corrected chi connectivity index (χ2v) is 8.35. The molecule has 0 heterocycles. The van der Waals surface area contributed by atoms with Gasteiger partial charge in [-0.2, -0.15) is 5.26 Å². The van der Waals surface area contributed by atoms with Crippen LogP contribution in [0, 0.1) is 11.3 Å². The average Bonchev–Trinajstić information content (AvgIpc) is 2.55. The molecule has 0 aliphatic heterocycles. The second kappa shape index (κ2) is 11.5. The van der Waals surface area contributed by atoms with Gasteiger partial charge in [0.25, 0.3) is 0 Å². The van der Waals surface area contributed by atoms with E-state index in [4.69, 9.17) is 5.73 Å². The van der Waals surface area contributed by atoms with Crippen LogP contribution in [0.5, 0.6) is 0 Å². The number of hydrogen-bond donors (Lipinski definition) is 1. The van der Waals surface area contributed by atoms with Crippen LogP contribution >= 0.6 is 0 Å². The van der Waals surface area contributed by atoms with Crippen molar-refractivity contribution in [3.05, 3.63) is 71.8 Å². The largest absolute Gasteiger partial charge is 1.00 e. The van der Waals surface area contributed by atoms with Crippen molar-refractivity contribution in [3.8, 4) is 6.07 Å². The Morgan fingerprint density at radius 2 is 1.15 bits per heavy atom. The van der Waals surface area contributed by atoms with Gasteiger partial charge in [-0.05, 0) is 37.8 Å². The molecule has 0 unspecified atom stereocenters. The van der Waals surface area contributed by atoms with Gasteiger partial charge < -0.3 is 10.8 Å². The van der Waals surface area contributed by atoms with Gasteiger partial charge in [0, 0.05) is 5.54 Å². The zero-order valence-electron chi connectivity index (χ0n) is 17.6. The summed E-state index contributed by atoms with van der Waals surface area (Å²) in [6.07, 6.45) is 1.49. The summed E-state index contributed by atoms with van der Waals surface area (Å²) in [7, 11) is 0. The summed E-state index contributed by atoms with van der Waals surface area (Å²) in [6, 6.07) is 22.6. The van der Waals surface area contributed by atoms with Gasteiger partial charge in [-0.3, -0.25) is 0 Å². The number of nitrogens with two attached hydrogens (primary N) is 1. The molecule has 0 saturated carbocycles. The molecule has 0 radical (unpaired) electrons. The first-order valence-electron chi connectivity index (χ1n) is 8.99. The molecule has 0 fully saturated rings. The third-order valence-electron chi connectivity index (χ3n) is 3.87. The van der Waals surface area contributed by atoms with Gasteiger partial charge in [0.05, 0.1) is 6.07 Å². The van der Waals surface area contributed by atoms with Gasteiger partial charge >= 0.3 is 51.4 Å². The summed E-state index contributed by atoms with van der Waals surface area (Å²) in [6.45, 7) is 8.91. The predicted molar refractivity (Wildman–Crippen MR) is 107 cm³/mol. The number of nitriles is 1. The van der Waals surface area contributed by atoms with E-state index in [0.717, 1.165) is 17.5 Å². The molecule has 2 aromatic rings. The van der Waals surface area contributed by atoms with Crippen LogP contribution in [0.15, 0.2) is 60.7 Å². The Hall–Kier alpha value is -0.514. The summed E-state index contributed by atoms with van der Waals surface area (Å²) >= 11 is 0. The number of hydrogen-bond acceptors (Lipinski definition) is 3. The van der Waals surface area contributed by atoms with Crippen LogP contribution in [-0.4, -0.2) is 11.1 Å². The topological polar surface area (TPSA) is 72.9 Å². The molecule has 0 aromatic heterocycles. The normalized spacial score (nSPS) is 11.5. The smallest absolute Gasteiger partial charge is 0.850 e. The van der Waals surface area contributed by atoms with Crippen LogP contribution in [0.1, 0.15) is 58.6 Å². The number of rotatable bonds is 5. The quantitative estimate of drug-likeness (QED) is 0.779. The molecule has 3 nitrogen and oxygen atoms in total. The van der Waals surface area contributed by atoms with E-state index in [1.54, 1.807) is 20.8 Å². The van der Waals surface area contributed by atoms with Crippen molar-refractivity contribution in [1.82, 2.24) is 0 Å². The maximum Gasteiger partial charge on any atom is 1.00 e. The van der Waals surface area contributed by atoms with Crippen molar-refractivity contribution in [2.75, 3.05) is 0 Å². The Bertz CT molecular complexity index is 650. The summed E-state index contributed by atoms with van der Waals surface area (Å²) < 4.78 is 0. The minimum Gasteiger partial charge on any atom is -0.850 e. The molecule has 2 aromatic carbocycles. The zero-order valence-corrected chi connectivity index (χ0v) is 20.7. The van der Waals surface area contributed by atoms with Crippen molar-refractivity contribution in [2.45, 2.75) is 64.0 Å². The third kappa shape index (κ3) is 10.0. The fourth-order valence-electron chi connectivity index (χ4n) is 2.60. The van der Waals surface area contributed by atoms with Gasteiger partial charge in [0.2, 0.25) is 0 Å². The first kappa shape index (κ1) is 26.5. The van der Waals surface area contributed by atoms with Crippen LogP contribution in [0.4, 0.5) is 0 Å². The molecule has 0 saturated heterocycles. The standard InChI is InChI=1S/C19H22N2.C4H9O.K/c1-18(2,21)13-14-19(15-20,16-9-5-3-6-10-16)17-11-7-4-8-12-17;1-4(2,3)5;/h3-12H,13-14,21H2,1-2H3;1-3H3;/q;-1;+1. The average molecular weight is 391 g/mol. The van der Waals surface area contributed by atoms with E-state index in [2.05, 4.69) is 6.07 Å². The van der Waals surface area contributed by atoms with Crippen molar-refractivity contribution in [1.29, 1.82) is 5.26 Å². The molecule has 140 valence electrons. The summed E-state index contributed by atoms with van der Waals surface area (Å²) in [5.74, 6) is 0. The van der Waals surface area contributed by atoms with E-state index in [-0.39, 0.29) is 56.9 Å². The molecule has 27 heavy (non-hydrogen) atoms. The van der Waals surface area contributed by atoms with Crippen LogP contribution < -0.4 is 62.2 Å².